The molecule has 1 aliphatic carbocycles. The third-order valence-corrected chi connectivity index (χ3v) is 7.99. The van der Waals surface area contributed by atoms with Crippen molar-refractivity contribution in [1.82, 2.24) is 0 Å². The first-order valence-electron chi connectivity index (χ1n) is 14.2. The summed E-state index contributed by atoms with van der Waals surface area (Å²) in [4.78, 5) is 4.94. The minimum absolute atomic E-state index is 0.0161. The standard InChI is InChI=1S/C39H32N2/c1-28-14-11-20-32(26-28)40(30-16-5-3-6-17-30)37-25-13-24-35-34-22-9-10-23-36(34)39(38(35)37)41(31-18-7-4-8-19-31)33-21-12-15-29(2)27-33/h3-27,39H,1-2H3. The van der Waals surface area contributed by atoms with Crippen molar-refractivity contribution in [3.05, 3.63) is 174 Å². The largest absolute Gasteiger partial charge is 0.330 e. The van der Waals surface area contributed by atoms with Gasteiger partial charge in [0.15, 0.2) is 0 Å². The Morgan fingerprint density at radius 3 is 1.68 bits per heavy atom. The molecule has 6 aromatic carbocycles. The lowest BCUT2D eigenvalue weighted by Crippen LogP contribution is -2.25. The second-order valence-electron chi connectivity index (χ2n) is 10.8. The van der Waals surface area contributed by atoms with Gasteiger partial charge < -0.3 is 9.80 Å². The first-order chi connectivity index (χ1) is 20.2. The van der Waals surface area contributed by atoms with Crippen LogP contribution in [0.15, 0.2) is 152 Å². The molecule has 0 N–H and O–H groups in total. The van der Waals surface area contributed by atoms with Crippen molar-refractivity contribution < 1.29 is 0 Å². The number of hydrogen-bond acceptors (Lipinski definition) is 2. The summed E-state index contributed by atoms with van der Waals surface area (Å²) < 4.78 is 0. The van der Waals surface area contributed by atoms with Crippen molar-refractivity contribution in [3.63, 3.8) is 0 Å². The van der Waals surface area contributed by atoms with Gasteiger partial charge in [-0.05, 0) is 96.3 Å². The van der Waals surface area contributed by atoms with Gasteiger partial charge in [0.05, 0.1) is 11.7 Å². The number of para-hydroxylation sites is 2. The van der Waals surface area contributed by atoms with E-state index in [1.54, 1.807) is 0 Å². The predicted molar refractivity (Wildman–Crippen MR) is 173 cm³/mol. The summed E-state index contributed by atoms with van der Waals surface area (Å²) >= 11 is 0. The van der Waals surface area contributed by atoms with Crippen LogP contribution in [0.2, 0.25) is 0 Å². The third-order valence-electron chi connectivity index (χ3n) is 7.99. The molecule has 2 nitrogen and oxygen atoms in total. The zero-order chi connectivity index (χ0) is 27.8. The van der Waals surface area contributed by atoms with Gasteiger partial charge in [0.25, 0.3) is 0 Å². The number of anilines is 5. The van der Waals surface area contributed by atoms with Crippen LogP contribution in [0.5, 0.6) is 0 Å². The average Bonchev–Trinajstić information content (AvgIpc) is 3.34. The Morgan fingerprint density at radius 1 is 0.439 bits per heavy atom. The van der Waals surface area contributed by atoms with E-state index in [4.69, 9.17) is 0 Å². The van der Waals surface area contributed by atoms with Crippen LogP contribution in [0.3, 0.4) is 0 Å². The van der Waals surface area contributed by atoms with E-state index in [-0.39, 0.29) is 6.04 Å². The van der Waals surface area contributed by atoms with E-state index >= 15 is 0 Å². The molecule has 2 heteroatoms. The molecule has 1 atom stereocenters. The number of rotatable bonds is 6. The summed E-state index contributed by atoms with van der Waals surface area (Å²) in [6.45, 7) is 4.33. The highest BCUT2D eigenvalue weighted by molar-refractivity contribution is 5.91. The van der Waals surface area contributed by atoms with Gasteiger partial charge >= 0.3 is 0 Å². The fourth-order valence-electron chi connectivity index (χ4n) is 6.26. The highest BCUT2D eigenvalue weighted by atomic mass is 15.2. The second kappa shape index (κ2) is 10.5. The van der Waals surface area contributed by atoms with E-state index in [2.05, 4.69) is 175 Å². The lowest BCUT2D eigenvalue weighted by molar-refractivity contribution is 0.840. The van der Waals surface area contributed by atoms with Crippen LogP contribution in [0.4, 0.5) is 28.4 Å². The van der Waals surface area contributed by atoms with Crippen LogP contribution in [-0.2, 0) is 0 Å². The smallest absolute Gasteiger partial charge is 0.0877 e. The quantitative estimate of drug-likeness (QED) is 0.212. The Labute approximate surface area is 242 Å². The fourth-order valence-corrected chi connectivity index (χ4v) is 6.26. The molecule has 0 aromatic heterocycles. The Bertz CT molecular complexity index is 1820. The van der Waals surface area contributed by atoms with Crippen LogP contribution < -0.4 is 9.80 Å². The van der Waals surface area contributed by atoms with Crippen molar-refractivity contribution in [2.75, 3.05) is 9.80 Å². The monoisotopic (exact) mass is 528 g/mol. The summed E-state index contributed by atoms with van der Waals surface area (Å²) in [6.07, 6.45) is 0. The van der Waals surface area contributed by atoms with Crippen LogP contribution >= 0.6 is 0 Å². The van der Waals surface area contributed by atoms with Gasteiger partial charge in [0.2, 0.25) is 0 Å². The number of nitrogens with zero attached hydrogens (tertiary/aromatic N) is 2. The van der Waals surface area contributed by atoms with E-state index in [1.165, 1.54) is 50.4 Å². The number of fused-ring (bicyclic) bond motifs is 3. The Balaban J connectivity index is 1.53. The summed E-state index contributed by atoms with van der Waals surface area (Å²) in [7, 11) is 0. The van der Waals surface area contributed by atoms with Crippen molar-refractivity contribution in [1.29, 1.82) is 0 Å². The lowest BCUT2D eigenvalue weighted by atomic mass is 9.97. The topological polar surface area (TPSA) is 6.48 Å². The molecule has 0 amide bonds. The van der Waals surface area contributed by atoms with Crippen molar-refractivity contribution in [2.45, 2.75) is 19.9 Å². The van der Waals surface area contributed by atoms with Gasteiger partial charge in [0.1, 0.15) is 0 Å². The van der Waals surface area contributed by atoms with Gasteiger partial charge in [-0.15, -0.1) is 0 Å². The molecule has 1 unspecified atom stereocenters. The third kappa shape index (κ3) is 4.48. The maximum atomic E-state index is 2.51. The molecule has 198 valence electrons. The second-order valence-corrected chi connectivity index (χ2v) is 10.8. The van der Waals surface area contributed by atoms with E-state index in [0.717, 1.165) is 11.4 Å². The molecule has 0 radical (unpaired) electrons. The summed E-state index contributed by atoms with van der Waals surface area (Å²) in [5.41, 5.74) is 13.5. The van der Waals surface area contributed by atoms with Gasteiger partial charge in [-0.2, -0.15) is 0 Å². The highest BCUT2D eigenvalue weighted by Gasteiger charge is 2.37. The molecule has 0 spiro atoms. The van der Waals surface area contributed by atoms with E-state index < -0.39 is 0 Å². The molecule has 7 rings (SSSR count). The van der Waals surface area contributed by atoms with Crippen LogP contribution in [-0.4, -0.2) is 0 Å². The fraction of sp³-hybridized carbons (Fsp3) is 0.0769. The van der Waals surface area contributed by atoms with Crippen molar-refractivity contribution in [2.24, 2.45) is 0 Å². The summed E-state index contributed by atoms with van der Waals surface area (Å²) in [5, 5.41) is 0. The molecule has 0 saturated carbocycles. The number of benzene rings is 6. The number of aryl methyl sites for hydroxylation is 2. The molecular weight excluding hydrogens is 496 g/mol. The summed E-state index contributed by atoms with van der Waals surface area (Å²) in [5.74, 6) is 0. The molecule has 1 aliphatic rings. The Hall–Kier alpha value is -5.08. The molecule has 0 fully saturated rings. The SMILES string of the molecule is Cc1cccc(N(c2ccccc2)c2cccc3c2C(N(c2ccccc2)c2cccc(C)c2)c2ccccc2-3)c1. The van der Waals surface area contributed by atoms with Crippen molar-refractivity contribution >= 4 is 28.4 Å². The molecule has 6 aromatic rings. The van der Waals surface area contributed by atoms with E-state index in [0.29, 0.717) is 0 Å². The van der Waals surface area contributed by atoms with Gasteiger partial charge in [-0.25, -0.2) is 0 Å². The van der Waals surface area contributed by atoms with Crippen LogP contribution in [0.1, 0.15) is 28.3 Å². The first-order valence-corrected chi connectivity index (χ1v) is 14.2. The lowest BCUT2D eigenvalue weighted by Gasteiger charge is -2.36. The minimum Gasteiger partial charge on any atom is -0.330 e. The number of hydrogen-bond donors (Lipinski definition) is 0. The maximum absolute atomic E-state index is 2.51. The summed E-state index contributed by atoms with van der Waals surface area (Å²) in [6, 6.07) is 54.9. The average molecular weight is 529 g/mol. The maximum Gasteiger partial charge on any atom is 0.0877 e. The van der Waals surface area contributed by atoms with Gasteiger partial charge in [-0.3, -0.25) is 0 Å². The van der Waals surface area contributed by atoms with Crippen LogP contribution in [0.25, 0.3) is 11.1 Å². The molecule has 0 bridgehead atoms. The predicted octanol–water partition coefficient (Wildman–Crippen LogP) is 10.7. The highest BCUT2D eigenvalue weighted by Crippen LogP contribution is 2.55. The Kier molecular flexibility index (Phi) is 6.37. The zero-order valence-electron chi connectivity index (χ0n) is 23.4. The zero-order valence-corrected chi connectivity index (χ0v) is 23.4. The molecule has 0 saturated heterocycles. The van der Waals surface area contributed by atoms with Gasteiger partial charge in [-0.1, -0.05) is 97.1 Å². The van der Waals surface area contributed by atoms with Crippen LogP contribution in [0, 0.1) is 13.8 Å². The molecule has 41 heavy (non-hydrogen) atoms. The normalized spacial score (nSPS) is 13.4. The molecule has 0 aliphatic heterocycles. The van der Waals surface area contributed by atoms with E-state index in [9.17, 15) is 0 Å². The van der Waals surface area contributed by atoms with Gasteiger partial charge in [0, 0.05) is 28.3 Å². The Morgan fingerprint density at radius 2 is 0.976 bits per heavy atom. The molecule has 0 heterocycles. The van der Waals surface area contributed by atoms with Crippen molar-refractivity contribution in [3.8, 4) is 11.1 Å². The molecular formula is C39H32N2. The minimum atomic E-state index is -0.0161. The first kappa shape index (κ1) is 24.9. The van der Waals surface area contributed by atoms with E-state index in [1.807, 2.05) is 0 Å².